The molecular weight excluding hydrogens is 417 g/mol. The summed E-state index contributed by atoms with van der Waals surface area (Å²) in [5.41, 5.74) is -0.646. The minimum absolute atomic E-state index is 0.211. The summed E-state index contributed by atoms with van der Waals surface area (Å²) >= 11 is 5.94. The molecule has 0 atom stereocenters. The lowest BCUT2D eigenvalue weighted by Crippen LogP contribution is -2.41. The number of carbonyl (C=O) groups is 1. The van der Waals surface area contributed by atoms with E-state index in [-0.39, 0.29) is 11.6 Å². The molecule has 0 unspecified atom stereocenters. The molecule has 0 aliphatic heterocycles. The van der Waals surface area contributed by atoms with Crippen molar-refractivity contribution < 1.29 is 26.4 Å². The fraction of sp³-hybridized carbons (Fsp3) is 0.278. The highest BCUT2D eigenvalue weighted by molar-refractivity contribution is 7.92. The summed E-state index contributed by atoms with van der Waals surface area (Å²) in [5, 5.41) is -0.211. The Bertz CT molecular complexity index is 950. The van der Waals surface area contributed by atoms with Crippen molar-refractivity contribution in [3.05, 3.63) is 64.7 Å². The Morgan fingerprint density at radius 2 is 1.71 bits per heavy atom. The quantitative estimate of drug-likeness (QED) is 0.695. The summed E-state index contributed by atoms with van der Waals surface area (Å²) in [4.78, 5) is 13.8. The molecule has 28 heavy (non-hydrogen) atoms. The van der Waals surface area contributed by atoms with Gasteiger partial charge in [-0.15, -0.1) is 0 Å². The Kier molecular flexibility index (Phi) is 6.61. The molecule has 0 radical (unpaired) electrons. The van der Waals surface area contributed by atoms with E-state index in [1.165, 1.54) is 11.9 Å². The number of likely N-dealkylation sites (N-methyl/N-ethyl adjacent to an activating group) is 1. The second-order valence-electron chi connectivity index (χ2n) is 6.17. The lowest BCUT2D eigenvalue weighted by atomic mass is 10.2. The van der Waals surface area contributed by atoms with Gasteiger partial charge in [-0.25, -0.2) is 8.42 Å². The fourth-order valence-electron chi connectivity index (χ4n) is 2.45. The second-order valence-corrected chi connectivity index (χ2v) is 8.48. The lowest BCUT2D eigenvalue weighted by molar-refractivity contribution is -0.137. The molecule has 2 aromatic rings. The average molecular weight is 435 g/mol. The van der Waals surface area contributed by atoms with E-state index in [2.05, 4.69) is 0 Å². The SMILES string of the molecule is CN(Cc1ccccc1)C(=O)CN(c1cc(C(F)(F)F)ccc1Cl)S(C)(=O)=O. The Balaban J connectivity index is 2.32. The number of benzene rings is 2. The highest BCUT2D eigenvalue weighted by Gasteiger charge is 2.33. The third-order valence-electron chi connectivity index (χ3n) is 3.91. The molecule has 2 rings (SSSR count). The Hall–Kier alpha value is -2.26. The maximum absolute atomic E-state index is 13.0. The minimum atomic E-state index is -4.68. The van der Waals surface area contributed by atoms with Gasteiger partial charge in [0, 0.05) is 13.6 Å². The summed E-state index contributed by atoms with van der Waals surface area (Å²) in [6.45, 7) is -0.462. The molecular formula is C18H18ClF3N2O3S. The van der Waals surface area contributed by atoms with E-state index in [4.69, 9.17) is 11.6 Å². The Labute approximate surface area is 166 Å². The molecule has 0 fully saturated rings. The first kappa shape index (κ1) is 22.0. The second kappa shape index (κ2) is 8.40. The van der Waals surface area contributed by atoms with Crippen LogP contribution in [0.5, 0.6) is 0 Å². The highest BCUT2D eigenvalue weighted by atomic mass is 35.5. The van der Waals surface area contributed by atoms with Crippen LogP contribution < -0.4 is 4.31 Å². The molecule has 2 aromatic carbocycles. The summed E-state index contributed by atoms with van der Waals surface area (Å²) < 4.78 is 64.0. The zero-order valence-corrected chi connectivity index (χ0v) is 16.6. The van der Waals surface area contributed by atoms with Gasteiger partial charge < -0.3 is 4.90 Å². The number of nitrogens with zero attached hydrogens (tertiary/aromatic N) is 2. The van der Waals surface area contributed by atoms with Crippen molar-refractivity contribution in [2.45, 2.75) is 12.7 Å². The zero-order valence-electron chi connectivity index (χ0n) is 15.1. The summed E-state index contributed by atoms with van der Waals surface area (Å²) in [6.07, 6.45) is -3.88. The van der Waals surface area contributed by atoms with E-state index in [0.29, 0.717) is 10.4 Å². The number of hydrogen-bond acceptors (Lipinski definition) is 3. The first-order valence-corrected chi connectivity index (χ1v) is 10.2. The van der Waals surface area contributed by atoms with Crippen LogP contribution in [0, 0.1) is 0 Å². The van der Waals surface area contributed by atoms with Gasteiger partial charge in [0.25, 0.3) is 0 Å². The monoisotopic (exact) mass is 434 g/mol. The molecule has 0 N–H and O–H groups in total. The molecule has 0 heterocycles. The van der Waals surface area contributed by atoms with Gasteiger partial charge in [0.05, 0.1) is 22.5 Å². The van der Waals surface area contributed by atoms with Gasteiger partial charge in [0.2, 0.25) is 15.9 Å². The lowest BCUT2D eigenvalue weighted by Gasteiger charge is -2.26. The van der Waals surface area contributed by atoms with Crippen molar-refractivity contribution in [1.82, 2.24) is 4.90 Å². The molecule has 5 nitrogen and oxygen atoms in total. The van der Waals surface area contributed by atoms with Crippen LogP contribution in [0.15, 0.2) is 48.5 Å². The predicted octanol–water partition coefficient (Wildman–Crippen LogP) is 3.78. The van der Waals surface area contributed by atoms with Crippen molar-refractivity contribution in [3.63, 3.8) is 0 Å². The first-order chi connectivity index (χ1) is 12.9. The Morgan fingerprint density at radius 3 is 2.25 bits per heavy atom. The van der Waals surface area contributed by atoms with Gasteiger partial charge >= 0.3 is 6.18 Å². The van der Waals surface area contributed by atoms with Crippen molar-refractivity contribution >= 4 is 33.2 Å². The molecule has 0 bridgehead atoms. The van der Waals surface area contributed by atoms with E-state index in [0.717, 1.165) is 24.0 Å². The molecule has 152 valence electrons. The average Bonchev–Trinajstić information content (AvgIpc) is 2.59. The normalized spacial score (nSPS) is 11.9. The minimum Gasteiger partial charge on any atom is -0.340 e. The van der Waals surface area contributed by atoms with E-state index in [1.54, 1.807) is 24.3 Å². The number of rotatable bonds is 6. The van der Waals surface area contributed by atoms with Gasteiger partial charge in [-0.05, 0) is 23.8 Å². The number of alkyl halides is 3. The van der Waals surface area contributed by atoms with Crippen LogP contribution in [0.2, 0.25) is 5.02 Å². The number of amides is 1. The largest absolute Gasteiger partial charge is 0.416 e. The van der Waals surface area contributed by atoms with Crippen LogP contribution in [0.25, 0.3) is 0 Å². The summed E-state index contributed by atoms with van der Waals surface area (Å²) in [5.74, 6) is -0.595. The van der Waals surface area contributed by atoms with Crippen molar-refractivity contribution in [2.75, 3.05) is 24.2 Å². The molecule has 0 aliphatic carbocycles. The summed E-state index contributed by atoms with van der Waals surface area (Å²) in [6, 6.07) is 11.3. The van der Waals surface area contributed by atoms with Crippen LogP contribution >= 0.6 is 11.6 Å². The Morgan fingerprint density at radius 1 is 1.11 bits per heavy atom. The number of sulfonamides is 1. The van der Waals surface area contributed by atoms with Crippen LogP contribution in [0.3, 0.4) is 0 Å². The maximum Gasteiger partial charge on any atom is 0.416 e. The maximum atomic E-state index is 13.0. The third-order valence-corrected chi connectivity index (χ3v) is 5.36. The highest BCUT2D eigenvalue weighted by Crippen LogP contribution is 2.36. The van der Waals surface area contributed by atoms with Gasteiger partial charge in [-0.1, -0.05) is 41.9 Å². The topological polar surface area (TPSA) is 57.7 Å². The van der Waals surface area contributed by atoms with Crippen molar-refractivity contribution in [2.24, 2.45) is 0 Å². The molecule has 0 aromatic heterocycles. The van der Waals surface area contributed by atoms with Crippen molar-refractivity contribution in [3.8, 4) is 0 Å². The van der Waals surface area contributed by atoms with Crippen LogP contribution in [0.1, 0.15) is 11.1 Å². The first-order valence-electron chi connectivity index (χ1n) is 8.02. The number of hydrogen-bond donors (Lipinski definition) is 0. The van der Waals surface area contributed by atoms with E-state index < -0.39 is 39.9 Å². The molecule has 0 spiro atoms. The smallest absolute Gasteiger partial charge is 0.340 e. The van der Waals surface area contributed by atoms with E-state index >= 15 is 0 Å². The van der Waals surface area contributed by atoms with Crippen LogP contribution in [0.4, 0.5) is 18.9 Å². The fourth-order valence-corrected chi connectivity index (χ4v) is 3.57. The molecule has 1 amide bonds. The van der Waals surface area contributed by atoms with E-state index in [9.17, 15) is 26.4 Å². The number of carbonyl (C=O) groups excluding carboxylic acids is 1. The molecule has 0 saturated heterocycles. The predicted molar refractivity (Wildman–Crippen MR) is 102 cm³/mol. The van der Waals surface area contributed by atoms with Gasteiger partial charge in [-0.2, -0.15) is 13.2 Å². The van der Waals surface area contributed by atoms with Crippen LogP contribution in [-0.4, -0.2) is 39.1 Å². The standard InChI is InChI=1S/C18H18ClF3N2O3S/c1-23(11-13-6-4-3-5-7-13)17(25)12-24(28(2,26)27)16-10-14(18(20,21)22)8-9-15(16)19/h3-10H,11-12H2,1-2H3. The van der Waals surface area contributed by atoms with Gasteiger partial charge in [0.15, 0.2) is 0 Å². The number of anilines is 1. The summed E-state index contributed by atoms with van der Waals surface area (Å²) in [7, 11) is -2.59. The molecule has 0 saturated carbocycles. The zero-order chi connectivity index (χ0) is 21.1. The van der Waals surface area contributed by atoms with Gasteiger partial charge in [0.1, 0.15) is 6.54 Å². The van der Waals surface area contributed by atoms with E-state index in [1.807, 2.05) is 6.07 Å². The number of halogens is 4. The van der Waals surface area contributed by atoms with Crippen LogP contribution in [-0.2, 0) is 27.5 Å². The third kappa shape index (κ3) is 5.62. The van der Waals surface area contributed by atoms with Gasteiger partial charge in [-0.3, -0.25) is 9.10 Å². The van der Waals surface area contributed by atoms with Crippen molar-refractivity contribution in [1.29, 1.82) is 0 Å². The molecule has 0 aliphatic rings. The molecule has 10 heteroatoms.